The SMILES string of the molecule is Nc1c(/N=N/c2ccc(S(=O)(=O)CCOS(=O)(=O)O)cc2S(=O)(=O)O)cc(/N=N/c2ccc(S(=O)(=O)CCOS(=O)(=O)O)cc2S(=O)(=O)O)c(N)c1/N=N/c1ccc(S(=O)(=O)CCOS(=O)(=O)O)cc1. The number of rotatable bonds is 23. The Bertz CT molecular complexity index is 3540. The van der Waals surface area contributed by atoms with E-state index in [0.29, 0.717) is 24.3 Å². The topological polar surface area (TPSA) is 528 Å². The van der Waals surface area contributed by atoms with Gasteiger partial charge in [-0.15, -0.1) is 25.6 Å². The Morgan fingerprint density at radius 2 is 0.700 bits per heavy atom. The van der Waals surface area contributed by atoms with Crippen LogP contribution >= 0.6 is 0 Å². The molecule has 0 fully saturated rings. The zero-order valence-electron chi connectivity index (χ0n) is 34.2. The van der Waals surface area contributed by atoms with Crippen LogP contribution in [-0.4, -0.2) is 127 Å². The summed E-state index contributed by atoms with van der Waals surface area (Å²) < 4.78 is 249. The standard InChI is InChI=1S/C30H32N8O24S8/c31-28-24(36-34-22-7-5-20(15-26(22)66(45,46)47)64(41,42)13-10-61-69(54,55)56)17-25(29(32)30(28)38-33-18-1-3-19(4-2-18)63(39,40)12-9-60-68(51,52)53)37-35-23-8-6-21(16-27(23)67(48,49)50)65(43,44)14-11-62-70(57,58)59/h1-8,15-17H,9-14,31-32H2,(H,45,46,47)(H,48,49,50)(H,51,52,53)(H,54,55,56)(H,57,58,59)/b36-34+,37-35+,38-33+. The zero-order chi connectivity index (χ0) is 52.9. The molecule has 0 spiro atoms. The van der Waals surface area contributed by atoms with Crippen LogP contribution in [0.3, 0.4) is 0 Å². The number of anilines is 2. The summed E-state index contributed by atoms with van der Waals surface area (Å²) in [5.41, 5.74) is 7.99. The van der Waals surface area contributed by atoms with Crippen LogP contribution in [0.2, 0.25) is 0 Å². The average molecular weight is 1150 g/mol. The lowest BCUT2D eigenvalue weighted by Gasteiger charge is -2.10. The molecule has 4 rings (SSSR count). The van der Waals surface area contributed by atoms with Gasteiger partial charge in [0.25, 0.3) is 20.2 Å². The van der Waals surface area contributed by atoms with E-state index in [-0.39, 0.29) is 10.6 Å². The number of hydrogen-bond donors (Lipinski definition) is 7. The molecule has 9 N–H and O–H groups in total. The molecule has 70 heavy (non-hydrogen) atoms. The number of nitrogen functional groups attached to an aromatic ring is 2. The molecule has 0 unspecified atom stereocenters. The average Bonchev–Trinajstić information content (AvgIpc) is 3.20. The number of azo groups is 3. The second kappa shape index (κ2) is 21.5. The monoisotopic (exact) mass is 1140 g/mol. The minimum atomic E-state index is -5.37. The number of nitrogens with zero attached hydrogens (tertiary/aromatic N) is 6. The second-order valence-corrected chi connectivity index (χ2v) is 25.5. The van der Waals surface area contributed by atoms with Gasteiger partial charge in [-0.05, 0) is 66.7 Å². The first-order valence-electron chi connectivity index (χ1n) is 17.7. The van der Waals surface area contributed by atoms with E-state index in [4.69, 9.17) is 25.1 Å². The highest BCUT2D eigenvalue weighted by atomic mass is 32.3. The van der Waals surface area contributed by atoms with Crippen LogP contribution < -0.4 is 11.5 Å². The summed E-state index contributed by atoms with van der Waals surface area (Å²) in [6.45, 7) is -3.18. The van der Waals surface area contributed by atoms with Crippen LogP contribution in [0.1, 0.15) is 0 Å². The van der Waals surface area contributed by atoms with Crippen molar-refractivity contribution < 1.29 is 103 Å². The Balaban J connectivity index is 1.86. The van der Waals surface area contributed by atoms with Gasteiger partial charge in [-0.3, -0.25) is 22.8 Å². The fourth-order valence-corrected chi connectivity index (χ4v) is 11.0. The van der Waals surface area contributed by atoms with Gasteiger partial charge in [-0.25, -0.2) is 37.8 Å². The van der Waals surface area contributed by atoms with Gasteiger partial charge in [0.05, 0.1) is 68.8 Å². The Morgan fingerprint density at radius 3 is 1.03 bits per heavy atom. The van der Waals surface area contributed by atoms with E-state index in [1.165, 1.54) is 0 Å². The van der Waals surface area contributed by atoms with E-state index in [1.807, 2.05) is 0 Å². The Morgan fingerprint density at radius 1 is 0.386 bits per heavy atom. The van der Waals surface area contributed by atoms with E-state index < -0.39 is 177 Å². The molecule has 0 radical (unpaired) electrons. The first-order valence-corrected chi connectivity index (χ1v) is 29.7. The summed E-state index contributed by atoms with van der Waals surface area (Å²) in [5, 5.41) is 22.8. The van der Waals surface area contributed by atoms with E-state index in [2.05, 4.69) is 43.2 Å². The van der Waals surface area contributed by atoms with E-state index in [9.17, 15) is 76.4 Å². The number of benzene rings is 4. The van der Waals surface area contributed by atoms with Crippen molar-refractivity contribution in [3.8, 4) is 0 Å². The van der Waals surface area contributed by atoms with Gasteiger partial charge >= 0.3 is 31.2 Å². The lowest BCUT2D eigenvalue weighted by Crippen LogP contribution is -2.16. The summed E-state index contributed by atoms with van der Waals surface area (Å²) in [7, 11) is -39.2. The molecule has 0 bridgehead atoms. The smallest absolute Gasteiger partial charge is 0.395 e. The third-order valence-electron chi connectivity index (χ3n) is 8.22. The molecular weight excluding hydrogens is 1110 g/mol. The molecule has 40 heteroatoms. The predicted octanol–water partition coefficient (Wildman–Crippen LogP) is 2.37. The van der Waals surface area contributed by atoms with E-state index in [0.717, 1.165) is 42.5 Å². The molecular formula is C30H32N8O24S8. The molecule has 0 amide bonds. The molecule has 0 aromatic heterocycles. The van der Waals surface area contributed by atoms with Crippen molar-refractivity contribution in [2.24, 2.45) is 30.7 Å². The van der Waals surface area contributed by atoms with Gasteiger partial charge in [-0.2, -0.15) is 47.2 Å². The lowest BCUT2D eigenvalue weighted by atomic mass is 10.2. The van der Waals surface area contributed by atoms with E-state index >= 15 is 0 Å². The Kier molecular flexibility index (Phi) is 17.6. The van der Waals surface area contributed by atoms with Crippen LogP contribution in [-0.2, 0) is 93.5 Å². The highest BCUT2D eigenvalue weighted by Crippen LogP contribution is 2.46. The van der Waals surface area contributed by atoms with Crippen LogP contribution in [0.25, 0.3) is 0 Å². The predicted molar refractivity (Wildman–Crippen MR) is 235 cm³/mol. The van der Waals surface area contributed by atoms with Crippen molar-refractivity contribution in [1.82, 2.24) is 0 Å². The maximum Gasteiger partial charge on any atom is 0.397 e. The Hall–Kier alpha value is -5.44. The first-order chi connectivity index (χ1) is 31.9. The zero-order valence-corrected chi connectivity index (χ0v) is 40.7. The fourth-order valence-electron chi connectivity index (χ4n) is 5.04. The van der Waals surface area contributed by atoms with Crippen LogP contribution in [0.15, 0.2) is 122 Å². The van der Waals surface area contributed by atoms with Crippen molar-refractivity contribution in [3.05, 3.63) is 66.7 Å². The maximum absolute atomic E-state index is 12.8. The van der Waals surface area contributed by atoms with Gasteiger partial charge in [0.1, 0.15) is 38.2 Å². The van der Waals surface area contributed by atoms with Gasteiger partial charge in [0.2, 0.25) is 0 Å². The summed E-state index contributed by atoms with van der Waals surface area (Å²) >= 11 is 0. The highest BCUT2D eigenvalue weighted by molar-refractivity contribution is 7.92. The lowest BCUT2D eigenvalue weighted by molar-refractivity contribution is 0.282. The van der Waals surface area contributed by atoms with Crippen molar-refractivity contribution in [2.75, 3.05) is 48.5 Å². The fraction of sp³-hybridized carbons (Fsp3) is 0.200. The molecule has 4 aromatic rings. The first kappa shape index (κ1) is 57.1. The maximum atomic E-state index is 12.8. The molecule has 0 heterocycles. The normalized spacial score (nSPS) is 13.7. The summed E-state index contributed by atoms with van der Waals surface area (Å²) in [5.74, 6) is -3.15. The summed E-state index contributed by atoms with van der Waals surface area (Å²) in [6.07, 6.45) is 0. The van der Waals surface area contributed by atoms with Gasteiger partial charge in [0.15, 0.2) is 29.5 Å². The van der Waals surface area contributed by atoms with E-state index in [1.54, 1.807) is 0 Å². The number of nitrogens with two attached hydrogens (primary N) is 2. The highest BCUT2D eigenvalue weighted by Gasteiger charge is 2.26. The van der Waals surface area contributed by atoms with Gasteiger partial charge in [-0.1, -0.05) is 0 Å². The van der Waals surface area contributed by atoms with Crippen LogP contribution in [0.4, 0.5) is 45.5 Å². The van der Waals surface area contributed by atoms with Crippen molar-refractivity contribution in [3.63, 3.8) is 0 Å². The minimum absolute atomic E-state index is 0.128. The second-order valence-electron chi connectivity index (χ2n) is 13.1. The number of sulfone groups is 3. The summed E-state index contributed by atoms with van der Waals surface area (Å²) in [4.78, 5) is -4.43. The van der Waals surface area contributed by atoms with Gasteiger partial charge in [0, 0.05) is 0 Å². The van der Waals surface area contributed by atoms with Crippen molar-refractivity contribution in [2.45, 2.75) is 24.5 Å². The van der Waals surface area contributed by atoms with Crippen LogP contribution in [0.5, 0.6) is 0 Å². The molecule has 0 saturated carbocycles. The third kappa shape index (κ3) is 16.6. The molecule has 0 atom stereocenters. The molecule has 0 saturated heterocycles. The number of hydrogen-bond acceptors (Lipinski definition) is 27. The largest absolute Gasteiger partial charge is 0.397 e. The molecule has 0 aliphatic rings. The molecule has 4 aromatic carbocycles. The third-order valence-corrected chi connectivity index (χ3v) is 16.4. The Labute approximate surface area is 397 Å². The molecule has 384 valence electrons. The molecule has 0 aliphatic heterocycles. The molecule has 32 nitrogen and oxygen atoms in total. The van der Waals surface area contributed by atoms with Crippen molar-refractivity contribution in [1.29, 1.82) is 0 Å². The molecule has 0 aliphatic carbocycles. The summed E-state index contributed by atoms with van der Waals surface area (Å²) in [6, 6.07) is 8.75. The minimum Gasteiger partial charge on any atom is -0.395 e. The quantitative estimate of drug-likeness (QED) is 0.0318. The van der Waals surface area contributed by atoms with Gasteiger partial charge < -0.3 is 11.5 Å². The van der Waals surface area contributed by atoms with Crippen LogP contribution in [0, 0.1) is 0 Å². The van der Waals surface area contributed by atoms with Crippen molar-refractivity contribution >= 4 is 126 Å².